The van der Waals surface area contributed by atoms with E-state index in [0.29, 0.717) is 29.5 Å². The number of nitrogens with zero attached hydrogens (tertiary/aromatic N) is 1. The van der Waals surface area contributed by atoms with Crippen molar-refractivity contribution < 1.29 is 14.3 Å². The van der Waals surface area contributed by atoms with Crippen molar-refractivity contribution in [3.63, 3.8) is 0 Å². The van der Waals surface area contributed by atoms with Gasteiger partial charge in [0.1, 0.15) is 11.5 Å². The SMILES string of the molecule is COc1cc(OC)c(NCCC(=O)N(C)C)cc1Cl. The van der Waals surface area contributed by atoms with Gasteiger partial charge in [0.05, 0.1) is 24.9 Å². The summed E-state index contributed by atoms with van der Waals surface area (Å²) in [6, 6.07) is 3.43. The van der Waals surface area contributed by atoms with Gasteiger partial charge in [-0.15, -0.1) is 0 Å². The van der Waals surface area contributed by atoms with Crippen molar-refractivity contribution in [2.24, 2.45) is 0 Å². The first-order chi connectivity index (χ1) is 8.99. The molecule has 1 aromatic carbocycles. The Morgan fingerprint density at radius 3 is 2.42 bits per heavy atom. The highest BCUT2D eigenvalue weighted by Gasteiger charge is 2.10. The highest BCUT2D eigenvalue weighted by Crippen LogP contribution is 2.35. The van der Waals surface area contributed by atoms with Gasteiger partial charge in [-0.05, 0) is 6.07 Å². The Morgan fingerprint density at radius 2 is 1.89 bits per heavy atom. The molecule has 1 aromatic rings. The van der Waals surface area contributed by atoms with Crippen molar-refractivity contribution in [3.8, 4) is 11.5 Å². The number of methoxy groups -OCH3 is 2. The maximum atomic E-state index is 11.5. The summed E-state index contributed by atoms with van der Waals surface area (Å²) in [5, 5.41) is 3.62. The maximum absolute atomic E-state index is 11.5. The summed E-state index contributed by atoms with van der Waals surface area (Å²) in [6.45, 7) is 0.510. The predicted octanol–water partition coefficient (Wildman–Crippen LogP) is 2.25. The highest BCUT2D eigenvalue weighted by molar-refractivity contribution is 6.32. The van der Waals surface area contributed by atoms with Crippen molar-refractivity contribution in [3.05, 3.63) is 17.2 Å². The summed E-state index contributed by atoms with van der Waals surface area (Å²) in [4.78, 5) is 13.0. The standard InChI is InChI=1S/C13H19ClN2O3/c1-16(2)13(17)5-6-15-10-7-9(14)11(18-3)8-12(10)19-4/h7-8,15H,5-6H2,1-4H3. The van der Waals surface area contributed by atoms with Crippen LogP contribution in [-0.4, -0.2) is 45.7 Å². The molecule has 1 amide bonds. The Kier molecular flexibility index (Phi) is 5.76. The lowest BCUT2D eigenvalue weighted by molar-refractivity contribution is -0.128. The van der Waals surface area contributed by atoms with Gasteiger partial charge < -0.3 is 19.7 Å². The van der Waals surface area contributed by atoms with Crippen LogP contribution < -0.4 is 14.8 Å². The average Bonchev–Trinajstić information content (AvgIpc) is 2.38. The summed E-state index contributed by atoms with van der Waals surface area (Å²) in [5.74, 6) is 1.23. The van der Waals surface area contributed by atoms with Crippen LogP contribution in [-0.2, 0) is 4.79 Å². The molecule has 0 aliphatic heterocycles. The fraction of sp³-hybridized carbons (Fsp3) is 0.462. The van der Waals surface area contributed by atoms with E-state index in [9.17, 15) is 4.79 Å². The molecule has 5 nitrogen and oxygen atoms in total. The quantitative estimate of drug-likeness (QED) is 0.871. The van der Waals surface area contributed by atoms with E-state index >= 15 is 0 Å². The number of carbonyl (C=O) groups excluding carboxylic acids is 1. The summed E-state index contributed by atoms with van der Waals surface area (Å²) in [7, 11) is 6.57. The number of halogens is 1. The molecule has 0 bridgehead atoms. The molecular weight excluding hydrogens is 268 g/mol. The van der Waals surface area contributed by atoms with Gasteiger partial charge in [0.25, 0.3) is 0 Å². The Morgan fingerprint density at radius 1 is 1.26 bits per heavy atom. The first-order valence-electron chi connectivity index (χ1n) is 5.85. The molecule has 0 aliphatic rings. The zero-order valence-electron chi connectivity index (χ0n) is 11.6. The third kappa shape index (κ3) is 4.21. The van der Waals surface area contributed by atoms with Crippen LogP contribution in [0.25, 0.3) is 0 Å². The van der Waals surface area contributed by atoms with E-state index in [0.717, 1.165) is 5.69 Å². The van der Waals surface area contributed by atoms with Crippen LogP contribution in [0.3, 0.4) is 0 Å². The van der Waals surface area contributed by atoms with Crippen molar-refractivity contribution in [1.82, 2.24) is 4.90 Å². The monoisotopic (exact) mass is 286 g/mol. The molecule has 0 atom stereocenters. The smallest absolute Gasteiger partial charge is 0.223 e. The van der Waals surface area contributed by atoms with Crippen LogP contribution in [0.1, 0.15) is 6.42 Å². The molecule has 6 heteroatoms. The minimum Gasteiger partial charge on any atom is -0.495 e. The fourth-order valence-electron chi connectivity index (χ4n) is 1.53. The summed E-state index contributed by atoms with van der Waals surface area (Å²) < 4.78 is 10.4. The van der Waals surface area contributed by atoms with E-state index < -0.39 is 0 Å². The third-order valence-corrected chi connectivity index (χ3v) is 2.92. The molecule has 0 saturated carbocycles. The molecule has 0 radical (unpaired) electrons. The molecule has 0 fully saturated rings. The van der Waals surface area contributed by atoms with Crippen molar-refractivity contribution in [2.45, 2.75) is 6.42 Å². The third-order valence-electron chi connectivity index (χ3n) is 2.63. The Labute approximate surface area is 118 Å². The molecule has 1 rings (SSSR count). The van der Waals surface area contributed by atoms with E-state index in [1.807, 2.05) is 0 Å². The van der Waals surface area contributed by atoms with Crippen molar-refractivity contribution in [1.29, 1.82) is 0 Å². The van der Waals surface area contributed by atoms with Crippen molar-refractivity contribution >= 4 is 23.2 Å². The van der Waals surface area contributed by atoms with E-state index in [2.05, 4.69) is 5.32 Å². The molecule has 0 spiro atoms. The number of hydrogen-bond donors (Lipinski definition) is 1. The Balaban J connectivity index is 2.72. The van der Waals surface area contributed by atoms with E-state index in [1.54, 1.807) is 45.3 Å². The van der Waals surface area contributed by atoms with Gasteiger partial charge in [-0.2, -0.15) is 0 Å². The first kappa shape index (κ1) is 15.4. The van der Waals surface area contributed by atoms with Crippen LogP contribution in [0.5, 0.6) is 11.5 Å². The molecule has 106 valence electrons. The number of benzene rings is 1. The zero-order chi connectivity index (χ0) is 14.4. The number of nitrogens with one attached hydrogen (secondary N) is 1. The fourth-order valence-corrected chi connectivity index (χ4v) is 1.77. The second-order valence-electron chi connectivity index (χ2n) is 4.15. The second-order valence-corrected chi connectivity index (χ2v) is 4.56. The number of rotatable bonds is 6. The minimum absolute atomic E-state index is 0.0612. The van der Waals surface area contributed by atoms with Crippen LogP contribution in [0.4, 0.5) is 5.69 Å². The summed E-state index contributed by atoms with van der Waals surface area (Å²) in [5.41, 5.74) is 0.736. The predicted molar refractivity (Wildman–Crippen MR) is 76.4 cm³/mol. The van der Waals surface area contributed by atoms with E-state index in [1.165, 1.54) is 0 Å². The van der Waals surface area contributed by atoms with Gasteiger partial charge in [0, 0.05) is 33.1 Å². The average molecular weight is 287 g/mol. The second kappa shape index (κ2) is 7.09. The van der Waals surface area contributed by atoms with Gasteiger partial charge in [-0.3, -0.25) is 4.79 Å². The van der Waals surface area contributed by atoms with Gasteiger partial charge in [-0.25, -0.2) is 0 Å². The largest absolute Gasteiger partial charge is 0.495 e. The lowest BCUT2D eigenvalue weighted by Gasteiger charge is -2.15. The molecule has 0 heterocycles. The van der Waals surface area contributed by atoms with Crippen LogP contribution in [0.15, 0.2) is 12.1 Å². The molecule has 0 aromatic heterocycles. The molecule has 0 saturated heterocycles. The molecule has 0 aliphatic carbocycles. The van der Waals surface area contributed by atoms with E-state index in [-0.39, 0.29) is 5.91 Å². The van der Waals surface area contributed by atoms with Gasteiger partial charge >= 0.3 is 0 Å². The Hall–Kier alpha value is -1.62. The number of hydrogen-bond acceptors (Lipinski definition) is 4. The lowest BCUT2D eigenvalue weighted by atomic mass is 10.2. The number of ether oxygens (including phenoxy) is 2. The summed E-state index contributed by atoms with van der Waals surface area (Å²) >= 11 is 6.05. The molecule has 19 heavy (non-hydrogen) atoms. The normalized spacial score (nSPS) is 9.95. The van der Waals surface area contributed by atoms with E-state index in [4.69, 9.17) is 21.1 Å². The Bertz CT molecular complexity index is 450. The van der Waals surface area contributed by atoms with Crippen LogP contribution in [0.2, 0.25) is 5.02 Å². The van der Waals surface area contributed by atoms with Gasteiger partial charge in [0.15, 0.2) is 0 Å². The highest BCUT2D eigenvalue weighted by atomic mass is 35.5. The van der Waals surface area contributed by atoms with Gasteiger partial charge in [-0.1, -0.05) is 11.6 Å². The molecule has 1 N–H and O–H groups in total. The number of carbonyl (C=O) groups is 1. The van der Waals surface area contributed by atoms with Crippen LogP contribution >= 0.6 is 11.6 Å². The number of amides is 1. The van der Waals surface area contributed by atoms with Crippen LogP contribution in [0, 0.1) is 0 Å². The number of anilines is 1. The zero-order valence-corrected chi connectivity index (χ0v) is 12.4. The minimum atomic E-state index is 0.0612. The van der Waals surface area contributed by atoms with Gasteiger partial charge in [0.2, 0.25) is 5.91 Å². The molecule has 0 unspecified atom stereocenters. The van der Waals surface area contributed by atoms with Crippen molar-refractivity contribution in [2.75, 3.05) is 40.2 Å². The topological polar surface area (TPSA) is 50.8 Å². The lowest BCUT2D eigenvalue weighted by Crippen LogP contribution is -2.23. The molecular formula is C13H19ClN2O3. The first-order valence-corrected chi connectivity index (χ1v) is 6.23. The maximum Gasteiger partial charge on any atom is 0.223 e. The summed E-state index contributed by atoms with van der Waals surface area (Å²) in [6.07, 6.45) is 0.403.